The molecular formula is C24H32FN7O. The van der Waals surface area contributed by atoms with Crippen LogP contribution in [0.3, 0.4) is 0 Å². The molecule has 0 saturated heterocycles. The van der Waals surface area contributed by atoms with E-state index in [0.29, 0.717) is 11.6 Å². The third-order valence-electron chi connectivity index (χ3n) is 6.12. The molecule has 0 spiro atoms. The number of hydrogen-bond donors (Lipinski definition) is 4. The van der Waals surface area contributed by atoms with Crippen LogP contribution in [-0.4, -0.2) is 32.8 Å². The minimum atomic E-state index is -0.759. The van der Waals surface area contributed by atoms with Crippen LogP contribution in [0.5, 0.6) is 0 Å². The zero-order valence-corrected chi connectivity index (χ0v) is 19.4. The summed E-state index contributed by atoms with van der Waals surface area (Å²) in [4.78, 5) is 16.4. The van der Waals surface area contributed by atoms with Crippen molar-refractivity contribution in [2.24, 2.45) is 17.4 Å². The third-order valence-corrected chi connectivity index (χ3v) is 6.12. The number of primary amides is 1. The Labute approximate surface area is 192 Å². The quantitative estimate of drug-likeness (QED) is 0.367. The molecule has 9 heteroatoms. The fraction of sp³-hybridized carbons (Fsp3) is 0.458. The number of nitrogens with zero attached hydrogens (tertiary/aromatic N) is 3. The van der Waals surface area contributed by atoms with Crippen molar-refractivity contribution >= 4 is 34.1 Å². The number of nitrogens with two attached hydrogens (primary N) is 2. The van der Waals surface area contributed by atoms with Crippen molar-refractivity contribution in [3.8, 4) is 0 Å². The van der Waals surface area contributed by atoms with E-state index in [2.05, 4.69) is 27.6 Å². The Bertz CT molecular complexity index is 1170. The average molecular weight is 454 g/mol. The number of hydrogen-bond acceptors (Lipinski definition) is 6. The van der Waals surface area contributed by atoms with Crippen LogP contribution in [0.25, 0.3) is 10.9 Å². The number of fused-ring (bicyclic) bond motifs is 1. The highest BCUT2D eigenvalue weighted by atomic mass is 19.1. The van der Waals surface area contributed by atoms with Crippen LogP contribution in [0.2, 0.25) is 0 Å². The lowest BCUT2D eigenvalue weighted by atomic mass is 10.0. The lowest BCUT2D eigenvalue weighted by Gasteiger charge is -2.24. The van der Waals surface area contributed by atoms with Crippen molar-refractivity contribution in [2.75, 3.05) is 10.6 Å². The summed E-state index contributed by atoms with van der Waals surface area (Å²) in [7, 11) is 0. The van der Waals surface area contributed by atoms with E-state index in [0.717, 1.165) is 42.0 Å². The Hall–Kier alpha value is -3.20. The molecular weight excluding hydrogens is 421 g/mol. The third kappa shape index (κ3) is 5.08. The predicted octanol–water partition coefficient (Wildman–Crippen LogP) is 4.06. The van der Waals surface area contributed by atoms with Gasteiger partial charge in [0.25, 0.3) is 5.91 Å². The van der Waals surface area contributed by atoms with Crippen molar-refractivity contribution in [3.05, 3.63) is 41.3 Å². The van der Waals surface area contributed by atoms with Crippen LogP contribution in [0, 0.1) is 18.7 Å². The summed E-state index contributed by atoms with van der Waals surface area (Å²) in [6.45, 7) is 6.76. The monoisotopic (exact) mass is 453 g/mol. The second-order valence-corrected chi connectivity index (χ2v) is 9.03. The minimum Gasteiger partial charge on any atom is -0.365 e. The van der Waals surface area contributed by atoms with Gasteiger partial charge in [-0.25, -0.2) is 9.37 Å². The topological polar surface area (TPSA) is 124 Å². The van der Waals surface area contributed by atoms with Gasteiger partial charge < -0.3 is 22.1 Å². The van der Waals surface area contributed by atoms with Gasteiger partial charge in [-0.2, -0.15) is 5.10 Å². The first kappa shape index (κ1) is 23.0. The maximum atomic E-state index is 14.8. The van der Waals surface area contributed by atoms with Crippen LogP contribution in [-0.2, 0) is 6.54 Å². The number of aromatic nitrogens is 3. The molecule has 4 rings (SSSR count). The normalized spacial score (nSPS) is 15.4. The van der Waals surface area contributed by atoms with Crippen LogP contribution in [0.4, 0.5) is 21.7 Å². The maximum absolute atomic E-state index is 14.8. The molecule has 176 valence electrons. The lowest BCUT2D eigenvalue weighted by Crippen LogP contribution is -2.39. The number of carbonyl (C=O) groups is 1. The van der Waals surface area contributed by atoms with E-state index >= 15 is 0 Å². The first-order valence-corrected chi connectivity index (χ1v) is 11.5. The van der Waals surface area contributed by atoms with Gasteiger partial charge in [0, 0.05) is 29.7 Å². The number of amides is 1. The fourth-order valence-electron chi connectivity index (χ4n) is 4.10. The Balaban J connectivity index is 1.67. The highest BCUT2D eigenvalue weighted by molar-refractivity contribution is 5.99. The second kappa shape index (κ2) is 9.35. The van der Waals surface area contributed by atoms with Gasteiger partial charge in [0.2, 0.25) is 0 Å². The molecule has 0 bridgehead atoms. The highest BCUT2D eigenvalue weighted by Crippen LogP contribution is 2.35. The molecule has 1 aliphatic carbocycles. The smallest absolute Gasteiger partial charge is 0.252 e. The molecule has 1 saturated carbocycles. The molecule has 1 fully saturated rings. The predicted molar refractivity (Wildman–Crippen MR) is 129 cm³/mol. The molecule has 1 amide bonds. The summed E-state index contributed by atoms with van der Waals surface area (Å²) in [5, 5.41) is 12.0. The molecule has 0 aliphatic heterocycles. The molecule has 3 aromatic rings. The summed E-state index contributed by atoms with van der Waals surface area (Å²) < 4.78 is 16.8. The number of nitrogens with one attached hydrogen (secondary N) is 2. The Kier molecular flexibility index (Phi) is 6.51. The largest absolute Gasteiger partial charge is 0.365 e. The summed E-state index contributed by atoms with van der Waals surface area (Å²) in [6, 6.07) is 6.64. The standard InChI is InChI=1S/C24H32FN7O/c1-4-9-32-21-11-16(7-8-17(21)14(3)31-32)28-23-18(22(27)33)12-19(25)24(30-23)29-20(13(2)26)10-15-5-6-15/h7-8,11-13,15,20H,4-6,9-10,26H2,1-3H3,(H2,27,33)(H2,28,29,30)/t13-,20+/m0/s1. The summed E-state index contributed by atoms with van der Waals surface area (Å²) in [5.74, 6) is -0.535. The Morgan fingerprint density at radius 2 is 2.06 bits per heavy atom. The van der Waals surface area contributed by atoms with E-state index < -0.39 is 11.7 Å². The highest BCUT2D eigenvalue weighted by Gasteiger charge is 2.28. The zero-order valence-electron chi connectivity index (χ0n) is 19.4. The number of aryl methyl sites for hydroxylation is 2. The number of carbonyl (C=O) groups excluding carboxylic acids is 1. The maximum Gasteiger partial charge on any atom is 0.252 e. The molecule has 1 aliphatic rings. The SMILES string of the molecule is CCCn1nc(C)c2ccc(Nc3nc(N[C@H](CC4CC4)[C@H](C)N)c(F)cc3C(N)=O)cc21. The van der Waals surface area contributed by atoms with Crippen LogP contribution in [0.1, 0.15) is 55.6 Å². The molecule has 0 radical (unpaired) electrons. The summed E-state index contributed by atoms with van der Waals surface area (Å²) in [6.07, 6.45) is 4.15. The van der Waals surface area contributed by atoms with Crippen LogP contribution in [0.15, 0.2) is 24.3 Å². The van der Waals surface area contributed by atoms with Gasteiger partial charge in [-0.05, 0) is 56.9 Å². The molecule has 33 heavy (non-hydrogen) atoms. The molecule has 2 heterocycles. The van der Waals surface area contributed by atoms with Crippen LogP contribution < -0.4 is 22.1 Å². The Morgan fingerprint density at radius 3 is 2.70 bits per heavy atom. The van der Waals surface area contributed by atoms with E-state index in [1.807, 2.05) is 36.7 Å². The van der Waals surface area contributed by atoms with Crippen molar-refractivity contribution < 1.29 is 9.18 Å². The molecule has 2 atom stereocenters. The second-order valence-electron chi connectivity index (χ2n) is 9.03. The van der Waals surface area contributed by atoms with Gasteiger partial charge in [-0.1, -0.05) is 19.8 Å². The number of anilines is 3. The van der Waals surface area contributed by atoms with Gasteiger partial charge in [-0.3, -0.25) is 9.48 Å². The van der Waals surface area contributed by atoms with E-state index in [-0.39, 0.29) is 29.3 Å². The number of benzene rings is 1. The first-order valence-electron chi connectivity index (χ1n) is 11.5. The summed E-state index contributed by atoms with van der Waals surface area (Å²) in [5.41, 5.74) is 14.3. The number of rotatable bonds is 10. The summed E-state index contributed by atoms with van der Waals surface area (Å²) >= 11 is 0. The van der Waals surface area contributed by atoms with Gasteiger partial charge in [0.15, 0.2) is 11.6 Å². The Morgan fingerprint density at radius 1 is 1.30 bits per heavy atom. The first-order chi connectivity index (χ1) is 15.8. The molecule has 1 aromatic carbocycles. The number of halogens is 1. The van der Waals surface area contributed by atoms with E-state index in [9.17, 15) is 9.18 Å². The van der Waals surface area contributed by atoms with Crippen molar-refractivity contribution in [2.45, 2.75) is 65.1 Å². The minimum absolute atomic E-state index is 0.0177. The van der Waals surface area contributed by atoms with Gasteiger partial charge in [0.1, 0.15) is 5.82 Å². The van der Waals surface area contributed by atoms with Gasteiger partial charge in [0.05, 0.1) is 16.8 Å². The van der Waals surface area contributed by atoms with Crippen molar-refractivity contribution in [1.29, 1.82) is 0 Å². The van der Waals surface area contributed by atoms with Gasteiger partial charge in [-0.15, -0.1) is 0 Å². The fourth-order valence-corrected chi connectivity index (χ4v) is 4.10. The van der Waals surface area contributed by atoms with E-state index in [1.165, 1.54) is 12.8 Å². The molecule has 0 unspecified atom stereocenters. The van der Waals surface area contributed by atoms with E-state index in [1.54, 1.807) is 0 Å². The van der Waals surface area contributed by atoms with E-state index in [4.69, 9.17) is 11.5 Å². The molecule has 6 N–H and O–H groups in total. The molecule has 2 aromatic heterocycles. The number of pyridine rings is 1. The lowest BCUT2D eigenvalue weighted by molar-refractivity contribution is 0.100. The van der Waals surface area contributed by atoms with Crippen LogP contribution >= 0.6 is 0 Å². The van der Waals surface area contributed by atoms with Gasteiger partial charge >= 0.3 is 0 Å². The zero-order chi connectivity index (χ0) is 23.7. The molecule has 8 nitrogen and oxygen atoms in total. The van der Waals surface area contributed by atoms with Crippen molar-refractivity contribution in [3.63, 3.8) is 0 Å². The van der Waals surface area contributed by atoms with Crippen molar-refractivity contribution in [1.82, 2.24) is 14.8 Å². The average Bonchev–Trinajstić information content (AvgIpc) is 3.53.